The maximum absolute atomic E-state index is 13.8. The van der Waals surface area contributed by atoms with Crippen LogP contribution in [0, 0.1) is 5.82 Å². The molecule has 1 unspecified atom stereocenters. The van der Waals surface area contributed by atoms with Gasteiger partial charge in [-0.05, 0) is 18.6 Å². The van der Waals surface area contributed by atoms with Gasteiger partial charge in [0.2, 0.25) is 0 Å². The molecule has 1 aliphatic heterocycles. The second kappa shape index (κ2) is 4.37. The number of aromatic nitrogens is 2. The molecule has 18 heavy (non-hydrogen) atoms. The summed E-state index contributed by atoms with van der Waals surface area (Å²) in [5.41, 5.74) is 7.32. The molecule has 0 fully saturated rings. The molecule has 94 valence electrons. The monoisotopic (exact) mass is 265 g/mol. The van der Waals surface area contributed by atoms with Crippen LogP contribution < -0.4 is 5.73 Å². The van der Waals surface area contributed by atoms with Crippen LogP contribution in [0.25, 0.3) is 11.4 Å². The molecule has 0 aliphatic carbocycles. The lowest BCUT2D eigenvalue weighted by molar-refractivity contribution is 0.474. The lowest BCUT2D eigenvalue weighted by atomic mass is 10.1. The van der Waals surface area contributed by atoms with E-state index in [1.807, 2.05) is 4.57 Å². The Labute approximate surface area is 109 Å². The second-order valence-corrected chi connectivity index (χ2v) is 4.92. The Hall–Kier alpha value is -1.39. The first-order chi connectivity index (χ1) is 8.66. The third kappa shape index (κ3) is 1.82. The van der Waals surface area contributed by atoms with Gasteiger partial charge in [0.15, 0.2) is 5.15 Å². The van der Waals surface area contributed by atoms with Gasteiger partial charge in [-0.1, -0.05) is 23.7 Å². The maximum Gasteiger partial charge on any atom is 0.151 e. The molecule has 1 aliphatic rings. The zero-order chi connectivity index (χ0) is 12.7. The second-order valence-electron chi connectivity index (χ2n) is 4.56. The molecule has 1 atom stereocenters. The van der Waals surface area contributed by atoms with Gasteiger partial charge in [-0.15, -0.1) is 0 Å². The lowest BCUT2D eigenvalue weighted by Crippen LogP contribution is -2.30. The Morgan fingerprint density at radius 3 is 2.94 bits per heavy atom. The summed E-state index contributed by atoms with van der Waals surface area (Å²) in [6, 6.07) is 6.72. The van der Waals surface area contributed by atoms with Gasteiger partial charge in [0.25, 0.3) is 0 Å². The van der Waals surface area contributed by atoms with E-state index in [4.69, 9.17) is 17.3 Å². The van der Waals surface area contributed by atoms with Gasteiger partial charge in [0.1, 0.15) is 11.6 Å². The van der Waals surface area contributed by atoms with Crippen molar-refractivity contribution < 1.29 is 4.39 Å². The molecule has 3 nitrogen and oxygen atoms in total. The van der Waals surface area contributed by atoms with Crippen LogP contribution in [0.1, 0.15) is 12.1 Å². The zero-order valence-corrected chi connectivity index (χ0v) is 10.5. The summed E-state index contributed by atoms with van der Waals surface area (Å²) in [5, 5.41) is 0.434. The van der Waals surface area contributed by atoms with Crippen molar-refractivity contribution in [2.24, 2.45) is 5.73 Å². The van der Waals surface area contributed by atoms with Crippen LogP contribution >= 0.6 is 11.6 Å². The first-order valence-corrected chi connectivity index (χ1v) is 6.30. The van der Waals surface area contributed by atoms with Crippen molar-refractivity contribution in [3.8, 4) is 11.4 Å². The fraction of sp³-hybridized carbons (Fsp3) is 0.308. The van der Waals surface area contributed by atoms with Crippen LogP contribution in [0.2, 0.25) is 5.15 Å². The topological polar surface area (TPSA) is 43.8 Å². The van der Waals surface area contributed by atoms with Gasteiger partial charge in [-0.3, -0.25) is 0 Å². The summed E-state index contributed by atoms with van der Waals surface area (Å²) in [6.45, 7) is 0.736. The van der Waals surface area contributed by atoms with Crippen LogP contribution in [0.5, 0.6) is 0 Å². The average molecular weight is 266 g/mol. The van der Waals surface area contributed by atoms with E-state index < -0.39 is 0 Å². The van der Waals surface area contributed by atoms with Crippen LogP contribution in [0.3, 0.4) is 0 Å². The third-order valence-electron chi connectivity index (χ3n) is 3.32. The number of imidazole rings is 1. The lowest BCUT2D eigenvalue weighted by Gasteiger charge is -2.22. The van der Waals surface area contributed by atoms with E-state index in [1.165, 1.54) is 6.07 Å². The quantitative estimate of drug-likeness (QED) is 0.861. The summed E-state index contributed by atoms with van der Waals surface area (Å²) in [4.78, 5) is 4.29. The first-order valence-electron chi connectivity index (χ1n) is 5.92. The van der Waals surface area contributed by atoms with Crippen molar-refractivity contribution in [2.45, 2.75) is 25.4 Å². The van der Waals surface area contributed by atoms with E-state index in [-0.39, 0.29) is 11.9 Å². The number of hydrogen-bond donors (Lipinski definition) is 1. The minimum Gasteiger partial charge on any atom is -0.327 e. The van der Waals surface area contributed by atoms with Crippen molar-refractivity contribution in [1.29, 1.82) is 0 Å². The van der Waals surface area contributed by atoms with E-state index in [9.17, 15) is 4.39 Å². The van der Waals surface area contributed by atoms with Crippen LogP contribution in [-0.2, 0) is 13.0 Å². The number of hydrogen-bond acceptors (Lipinski definition) is 2. The molecule has 5 heteroatoms. The van der Waals surface area contributed by atoms with Crippen molar-refractivity contribution in [2.75, 3.05) is 0 Å². The van der Waals surface area contributed by atoms with Crippen LogP contribution in [0.4, 0.5) is 4.39 Å². The average Bonchev–Trinajstić information content (AvgIpc) is 2.67. The van der Waals surface area contributed by atoms with Gasteiger partial charge in [-0.25, -0.2) is 9.37 Å². The van der Waals surface area contributed by atoms with Gasteiger partial charge in [0.05, 0.1) is 11.3 Å². The summed E-state index contributed by atoms with van der Waals surface area (Å²) in [5.74, 6) is 0.317. The van der Waals surface area contributed by atoms with Gasteiger partial charge < -0.3 is 10.3 Å². The fourth-order valence-electron chi connectivity index (χ4n) is 2.39. The molecule has 2 heterocycles. The molecular formula is C13H13ClFN3. The van der Waals surface area contributed by atoms with E-state index in [2.05, 4.69) is 4.98 Å². The Bertz CT molecular complexity index is 594. The van der Waals surface area contributed by atoms with Crippen LogP contribution in [-0.4, -0.2) is 15.6 Å². The fourth-order valence-corrected chi connectivity index (χ4v) is 2.65. The Balaban J connectivity index is 2.15. The van der Waals surface area contributed by atoms with E-state index in [1.54, 1.807) is 18.2 Å². The SMILES string of the molecule is NC1CCn2c(-c3ccccc3F)nc(Cl)c2C1. The minimum absolute atomic E-state index is 0.111. The van der Waals surface area contributed by atoms with Crippen molar-refractivity contribution in [3.05, 3.63) is 40.9 Å². The smallest absolute Gasteiger partial charge is 0.151 e. The van der Waals surface area contributed by atoms with Crippen molar-refractivity contribution in [1.82, 2.24) is 9.55 Å². The molecule has 0 radical (unpaired) electrons. The normalized spacial score (nSPS) is 18.7. The van der Waals surface area contributed by atoms with Crippen molar-refractivity contribution >= 4 is 11.6 Å². The predicted molar refractivity (Wildman–Crippen MR) is 68.9 cm³/mol. The van der Waals surface area contributed by atoms with E-state index in [0.29, 0.717) is 23.0 Å². The summed E-state index contributed by atoms with van der Waals surface area (Å²) >= 11 is 6.12. The molecule has 2 aromatic rings. The molecule has 1 aromatic carbocycles. The number of benzene rings is 1. The van der Waals surface area contributed by atoms with E-state index in [0.717, 1.165) is 18.7 Å². The van der Waals surface area contributed by atoms with E-state index >= 15 is 0 Å². The van der Waals surface area contributed by atoms with Gasteiger partial charge in [0, 0.05) is 19.0 Å². The molecule has 0 bridgehead atoms. The summed E-state index contributed by atoms with van der Waals surface area (Å²) < 4.78 is 15.8. The highest BCUT2D eigenvalue weighted by molar-refractivity contribution is 6.30. The molecule has 3 rings (SSSR count). The largest absolute Gasteiger partial charge is 0.327 e. The molecule has 0 saturated carbocycles. The Morgan fingerprint density at radius 1 is 1.39 bits per heavy atom. The maximum atomic E-state index is 13.8. The Morgan fingerprint density at radius 2 is 2.17 bits per heavy atom. The summed E-state index contributed by atoms with van der Waals surface area (Å²) in [7, 11) is 0. The standard InChI is InChI=1S/C13H13ClFN3/c14-12-11-7-8(16)5-6-18(11)13(17-12)9-3-1-2-4-10(9)15/h1-4,8H,5-7,16H2. The molecule has 1 aromatic heterocycles. The predicted octanol–water partition coefficient (Wildman–Crippen LogP) is 2.62. The molecule has 0 spiro atoms. The van der Waals surface area contributed by atoms with Gasteiger partial charge >= 0.3 is 0 Å². The number of nitrogens with zero attached hydrogens (tertiary/aromatic N) is 2. The highest BCUT2D eigenvalue weighted by Gasteiger charge is 2.24. The van der Waals surface area contributed by atoms with Crippen molar-refractivity contribution in [3.63, 3.8) is 0 Å². The number of nitrogens with two attached hydrogens (primary N) is 1. The molecular weight excluding hydrogens is 253 g/mol. The highest BCUT2D eigenvalue weighted by atomic mass is 35.5. The van der Waals surface area contributed by atoms with Gasteiger partial charge in [-0.2, -0.15) is 0 Å². The zero-order valence-electron chi connectivity index (χ0n) is 9.74. The minimum atomic E-state index is -0.281. The third-order valence-corrected chi connectivity index (χ3v) is 3.62. The molecule has 0 saturated heterocycles. The number of rotatable bonds is 1. The highest BCUT2D eigenvalue weighted by Crippen LogP contribution is 2.30. The summed E-state index contributed by atoms with van der Waals surface area (Å²) in [6.07, 6.45) is 1.56. The molecule has 0 amide bonds. The number of halogens is 2. The molecule has 2 N–H and O–H groups in total. The first kappa shape index (κ1) is 11.7. The number of fused-ring (bicyclic) bond motifs is 1. The van der Waals surface area contributed by atoms with Crippen LogP contribution in [0.15, 0.2) is 24.3 Å². The Kier molecular flexibility index (Phi) is 2.84.